The molecular weight excluding hydrogens is 439 g/mol. The minimum absolute atomic E-state index is 0.0449. The Labute approximate surface area is 184 Å². The second-order valence-corrected chi connectivity index (χ2v) is 8.57. The van der Waals surface area contributed by atoms with E-state index in [0.717, 1.165) is 6.07 Å². The Morgan fingerprint density at radius 1 is 1.12 bits per heavy atom. The Balaban J connectivity index is 1.73. The van der Waals surface area contributed by atoms with E-state index in [2.05, 4.69) is 0 Å². The number of carbonyl (C=O) groups excluding carboxylic acids is 1. The van der Waals surface area contributed by atoms with Crippen molar-refractivity contribution < 1.29 is 38.5 Å². The second-order valence-electron chi connectivity index (χ2n) is 7.80. The molecule has 0 amide bonds. The summed E-state index contributed by atoms with van der Waals surface area (Å²) < 4.78 is 15.5. The van der Waals surface area contributed by atoms with Crippen molar-refractivity contribution in [3.8, 4) is 28.4 Å². The summed E-state index contributed by atoms with van der Waals surface area (Å²) in [5, 5.41) is 19.5. The summed E-state index contributed by atoms with van der Waals surface area (Å²) in [5.74, 6) is -0.784. The van der Waals surface area contributed by atoms with Crippen LogP contribution in [0.4, 0.5) is 0 Å². The van der Waals surface area contributed by atoms with Gasteiger partial charge in [0.15, 0.2) is 0 Å². The van der Waals surface area contributed by atoms with Crippen molar-refractivity contribution in [2.24, 2.45) is 5.41 Å². The zero-order valence-corrected chi connectivity index (χ0v) is 18.3. The Bertz CT molecular complexity index is 1170. The van der Waals surface area contributed by atoms with Crippen molar-refractivity contribution in [3.63, 3.8) is 0 Å². The van der Waals surface area contributed by atoms with Gasteiger partial charge >= 0.3 is 14.6 Å². The van der Waals surface area contributed by atoms with Gasteiger partial charge in [-0.05, 0) is 44.4 Å². The van der Waals surface area contributed by atoms with Crippen molar-refractivity contribution in [1.82, 2.24) is 0 Å². The number of benzene rings is 2. The lowest BCUT2D eigenvalue weighted by Crippen LogP contribution is -2.29. The second kappa shape index (κ2) is 9.67. The lowest BCUT2D eigenvalue weighted by atomic mass is 9.88. The average molecular weight is 462 g/mol. The van der Waals surface area contributed by atoms with Gasteiger partial charge in [-0.25, -0.2) is 0 Å². The van der Waals surface area contributed by atoms with Gasteiger partial charge in [0.05, 0.1) is 17.6 Å². The number of rotatable bonds is 8. The summed E-state index contributed by atoms with van der Waals surface area (Å²) in [4.78, 5) is 42.8. The van der Waals surface area contributed by atoms with Crippen LogP contribution in [0.1, 0.15) is 26.7 Å². The number of hydrogen-bond acceptors (Lipinski definition) is 9. The molecule has 0 aliphatic carbocycles. The molecule has 4 N–H and O–H groups in total. The van der Waals surface area contributed by atoms with Crippen molar-refractivity contribution in [2.75, 3.05) is 6.61 Å². The Hall–Kier alpha value is -2.97. The summed E-state index contributed by atoms with van der Waals surface area (Å²) in [6.45, 7) is 3.55. The molecule has 1 heterocycles. The average Bonchev–Trinajstić information content (AvgIpc) is 2.71. The molecule has 0 saturated carbocycles. The van der Waals surface area contributed by atoms with Crippen LogP contribution in [0.3, 0.4) is 0 Å². The quantitative estimate of drug-likeness (QED) is 0.170. The molecule has 3 rings (SSSR count). The van der Waals surface area contributed by atoms with E-state index in [1.165, 1.54) is 24.5 Å². The van der Waals surface area contributed by atoms with Crippen LogP contribution in [0.25, 0.3) is 22.1 Å². The normalized spacial score (nSPS) is 11.8. The number of aromatic hydroxyl groups is 2. The van der Waals surface area contributed by atoms with E-state index in [-0.39, 0.29) is 40.4 Å². The van der Waals surface area contributed by atoms with Crippen LogP contribution < -0.4 is 10.2 Å². The molecule has 0 unspecified atom stereocenters. The first-order chi connectivity index (χ1) is 15.1. The maximum absolute atomic E-state index is 12.8. The van der Waals surface area contributed by atoms with Crippen molar-refractivity contribution in [1.29, 1.82) is 0 Å². The number of phenolic OH excluding ortho intramolecular Hbond substituents is 2. The number of ether oxygens (including phenoxy) is 1. The summed E-state index contributed by atoms with van der Waals surface area (Å²) in [6, 6.07) is 8.55. The first kappa shape index (κ1) is 23.7. The molecule has 3 aromatic rings. The van der Waals surface area contributed by atoms with Crippen LogP contribution in [0, 0.1) is 5.41 Å². The fraction of sp³-hybridized carbons (Fsp3) is 0.273. The largest absolute Gasteiger partial charge is 0.508 e. The lowest BCUT2D eigenvalue weighted by molar-refractivity contribution is -0.144. The molecule has 10 heteroatoms. The van der Waals surface area contributed by atoms with Crippen LogP contribution >= 0.6 is 8.60 Å². The van der Waals surface area contributed by atoms with E-state index in [0.29, 0.717) is 18.4 Å². The highest BCUT2D eigenvalue weighted by Gasteiger charge is 2.29. The molecule has 1 aromatic heterocycles. The molecule has 170 valence electrons. The number of hydrogen-bond donors (Lipinski definition) is 4. The van der Waals surface area contributed by atoms with Gasteiger partial charge in [-0.1, -0.05) is 12.1 Å². The standard InChI is InChI=1S/C22H23O9P/c1-22(2,8-3-9-30-32(27)28)21(26)31-15-6-4-13(5-7-15)16-12-29-18-11-14(23)10-17(24)19(18)20(16)25/h4-7,10-12,23-24,27-28H,3,8-9H2,1-2H3. The Kier molecular flexibility index (Phi) is 7.16. The minimum atomic E-state index is -2.41. The van der Waals surface area contributed by atoms with Gasteiger partial charge < -0.3 is 33.7 Å². The predicted octanol–water partition coefficient (Wildman–Crippen LogP) is 3.81. The highest BCUT2D eigenvalue weighted by atomic mass is 31.2. The molecular formula is C22H23O9P. The summed E-state index contributed by atoms with van der Waals surface area (Å²) >= 11 is 0. The number of esters is 1. The molecule has 0 aliphatic heterocycles. The van der Waals surface area contributed by atoms with E-state index in [9.17, 15) is 19.8 Å². The first-order valence-corrected chi connectivity index (χ1v) is 10.9. The highest BCUT2D eigenvalue weighted by Crippen LogP contribution is 2.31. The van der Waals surface area contributed by atoms with Gasteiger partial charge in [0.1, 0.15) is 34.5 Å². The molecule has 0 spiro atoms. The molecule has 0 saturated heterocycles. The number of fused-ring (bicyclic) bond motifs is 1. The maximum Gasteiger partial charge on any atom is 0.327 e. The highest BCUT2D eigenvalue weighted by molar-refractivity contribution is 7.39. The van der Waals surface area contributed by atoms with E-state index >= 15 is 0 Å². The fourth-order valence-electron chi connectivity index (χ4n) is 3.13. The third-order valence-corrected chi connectivity index (χ3v) is 5.34. The topological polar surface area (TPSA) is 147 Å². The predicted molar refractivity (Wildman–Crippen MR) is 117 cm³/mol. The fourth-order valence-corrected chi connectivity index (χ4v) is 3.42. The Morgan fingerprint density at radius 2 is 1.81 bits per heavy atom. The third-order valence-electron chi connectivity index (χ3n) is 4.92. The van der Waals surface area contributed by atoms with Crippen LogP contribution in [0.15, 0.2) is 51.9 Å². The lowest BCUT2D eigenvalue weighted by Gasteiger charge is -2.22. The maximum atomic E-state index is 12.8. The van der Waals surface area contributed by atoms with Crippen LogP contribution in [0.2, 0.25) is 0 Å². The van der Waals surface area contributed by atoms with E-state index in [1.807, 2.05) is 0 Å². The molecule has 32 heavy (non-hydrogen) atoms. The van der Waals surface area contributed by atoms with Crippen molar-refractivity contribution >= 4 is 25.5 Å². The molecule has 0 atom stereocenters. The number of phenols is 2. The van der Waals surface area contributed by atoms with Gasteiger partial charge in [0, 0.05) is 12.1 Å². The minimum Gasteiger partial charge on any atom is -0.508 e. The zero-order valence-electron chi connectivity index (χ0n) is 17.4. The molecule has 2 aromatic carbocycles. The molecule has 9 nitrogen and oxygen atoms in total. The first-order valence-electron chi connectivity index (χ1n) is 9.69. The van der Waals surface area contributed by atoms with Crippen LogP contribution in [-0.2, 0) is 9.32 Å². The van der Waals surface area contributed by atoms with Gasteiger partial charge in [0.25, 0.3) is 0 Å². The molecule has 0 radical (unpaired) electrons. The van der Waals surface area contributed by atoms with Crippen molar-refractivity contribution in [2.45, 2.75) is 26.7 Å². The summed E-state index contributed by atoms with van der Waals surface area (Å²) in [5.41, 5.74) is -0.536. The van der Waals surface area contributed by atoms with Gasteiger partial charge in [-0.3, -0.25) is 9.59 Å². The van der Waals surface area contributed by atoms with Crippen molar-refractivity contribution in [3.05, 3.63) is 52.9 Å². The third kappa shape index (κ3) is 5.44. The number of carbonyl (C=O) groups is 1. The smallest absolute Gasteiger partial charge is 0.327 e. The molecule has 0 fully saturated rings. The monoisotopic (exact) mass is 462 g/mol. The molecule has 0 bridgehead atoms. The van der Waals surface area contributed by atoms with Crippen LogP contribution in [-0.4, -0.2) is 32.6 Å². The summed E-state index contributed by atoms with van der Waals surface area (Å²) in [6.07, 6.45) is 2.11. The van der Waals surface area contributed by atoms with Crippen LogP contribution in [0.5, 0.6) is 17.2 Å². The summed E-state index contributed by atoms with van der Waals surface area (Å²) in [7, 11) is -2.41. The van der Waals surface area contributed by atoms with Gasteiger partial charge in [-0.15, -0.1) is 0 Å². The van der Waals surface area contributed by atoms with Gasteiger partial charge in [0.2, 0.25) is 5.43 Å². The van der Waals surface area contributed by atoms with Gasteiger partial charge in [-0.2, -0.15) is 0 Å². The zero-order chi connectivity index (χ0) is 23.5. The SMILES string of the molecule is CC(C)(CCCOP(O)O)C(=O)Oc1ccc(-c2coc3cc(O)cc(O)c3c2=O)cc1. The van der Waals surface area contributed by atoms with E-state index in [4.69, 9.17) is 23.5 Å². The molecule has 0 aliphatic rings. The Morgan fingerprint density at radius 3 is 2.47 bits per heavy atom. The van der Waals surface area contributed by atoms with E-state index in [1.54, 1.807) is 26.0 Å². The van der Waals surface area contributed by atoms with E-state index < -0.39 is 25.4 Å².